The normalized spacial score (nSPS) is 10.9. The standard InChI is InChI=1S/C18H17N7S/c1-2-5-15(10-25-13-20-12-23-25)14(4-1)8-19-9-16-11-26-18(24-16)17-21-6-3-7-22-17/h1-7,11-13,19H,8-10H2. The summed E-state index contributed by atoms with van der Waals surface area (Å²) in [6.07, 6.45) is 6.74. The first-order chi connectivity index (χ1) is 12.9. The highest BCUT2D eigenvalue weighted by molar-refractivity contribution is 7.13. The third-order valence-corrected chi connectivity index (χ3v) is 4.73. The van der Waals surface area contributed by atoms with Gasteiger partial charge in [0, 0.05) is 30.9 Å². The molecule has 0 radical (unpaired) electrons. The number of hydrogen-bond acceptors (Lipinski definition) is 7. The predicted molar refractivity (Wildman–Crippen MR) is 99.2 cm³/mol. The van der Waals surface area contributed by atoms with E-state index in [-0.39, 0.29) is 0 Å². The van der Waals surface area contributed by atoms with Crippen molar-refractivity contribution in [2.24, 2.45) is 0 Å². The van der Waals surface area contributed by atoms with E-state index in [4.69, 9.17) is 0 Å². The lowest BCUT2D eigenvalue weighted by atomic mass is 10.1. The van der Waals surface area contributed by atoms with E-state index in [1.807, 2.05) is 16.1 Å². The van der Waals surface area contributed by atoms with Crippen molar-refractivity contribution in [3.63, 3.8) is 0 Å². The molecule has 3 heterocycles. The molecule has 0 fully saturated rings. The van der Waals surface area contributed by atoms with Gasteiger partial charge in [0.25, 0.3) is 0 Å². The van der Waals surface area contributed by atoms with Crippen molar-refractivity contribution >= 4 is 11.3 Å². The molecular weight excluding hydrogens is 346 g/mol. The highest BCUT2D eigenvalue weighted by Crippen LogP contribution is 2.19. The topological polar surface area (TPSA) is 81.4 Å². The van der Waals surface area contributed by atoms with Crippen molar-refractivity contribution in [3.8, 4) is 10.8 Å². The lowest BCUT2D eigenvalue weighted by Crippen LogP contribution is -2.15. The van der Waals surface area contributed by atoms with Gasteiger partial charge in [-0.15, -0.1) is 11.3 Å². The number of nitrogens with zero attached hydrogens (tertiary/aromatic N) is 6. The van der Waals surface area contributed by atoms with E-state index in [0.29, 0.717) is 18.9 Å². The van der Waals surface area contributed by atoms with E-state index in [0.717, 1.165) is 17.2 Å². The number of hydrogen-bond donors (Lipinski definition) is 1. The zero-order chi connectivity index (χ0) is 17.6. The maximum absolute atomic E-state index is 4.60. The smallest absolute Gasteiger partial charge is 0.188 e. The van der Waals surface area contributed by atoms with E-state index < -0.39 is 0 Å². The van der Waals surface area contributed by atoms with Crippen LogP contribution in [-0.2, 0) is 19.6 Å². The molecule has 4 rings (SSSR count). The van der Waals surface area contributed by atoms with Gasteiger partial charge < -0.3 is 5.32 Å². The van der Waals surface area contributed by atoms with Crippen LogP contribution in [0.2, 0.25) is 0 Å². The third kappa shape index (κ3) is 3.98. The first kappa shape index (κ1) is 16.5. The highest BCUT2D eigenvalue weighted by Gasteiger charge is 2.07. The van der Waals surface area contributed by atoms with Crippen LogP contribution in [0.5, 0.6) is 0 Å². The molecule has 3 aromatic heterocycles. The maximum Gasteiger partial charge on any atom is 0.188 e. The second-order valence-corrected chi connectivity index (χ2v) is 6.54. The fourth-order valence-electron chi connectivity index (χ4n) is 2.60. The highest BCUT2D eigenvalue weighted by atomic mass is 32.1. The van der Waals surface area contributed by atoms with Gasteiger partial charge in [0.2, 0.25) is 0 Å². The van der Waals surface area contributed by atoms with Gasteiger partial charge in [-0.3, -0.25) is 0 Å². The number of benzene rings is 1. The molecule has 0 bridgehead atoms. The Morgan fingerprint density at radius 3 is 2.65 bits per heavy atom. The zero-order valence-corrected chi connectivity index (χ0v) is 14.8. The first-order valence-corrected chi connectivity index (χ1v) is 9.08. The predicted octanol–water partition coefficient (Wildman–Crippen LogP) is 2.53. The van der Waals surface area contributed by atoms with Crippen LogP contribution in [0.3, 0.4) is 0 Å². The van der Waals surface area contributed by atoms with E-state index in [1.54, 1.807) is 42.5 Å². The van der Waals surface area contributed by atoms with Gasteiger partial charge >= 0.3 is 0 Å². The van der Waals surface area contributed by atoms with Gasteiger partial charge in [-0.25, -0.2) is 24.6 Å². The van der Waals surface area contributed by atoms with Crippen LogP contribution in [0.4, 0.5) is 0 Å². The Balaban J connectivity index is 1.37. The van der Waals surface area contributed by atoms with Crippen LogP contribution in [-0.4, -0.2) is 29.7 Å². The van der Waals surface area contributed by atoms with Crippen molar-refractivity contribution < 1.29 is 0 Å². The summed E-state index contributed by atoms with van der Waals surface area (Å²) < 4.78 is 1.82. The van der Waals surface area contributed by atoms with Crippen LogP contribution in [0.1, 0.15) is 16.8 Å². The van der Waals surface area contributed by atoms with Gasteiger partial charge in [0.1, 0.15) is 12.7 Å². The molecule has 0 aliphatic carbocycles. The molecular formula is C18H17N7S. The Hall–Kier alpha value is -2.97. The van der Waals surface area contributed by atoms with E-state index >= 15 is 0 Å². The van der Waals surface area contributed by atoms with Crippen LogP contribution < -0.4 is 5.32 Å². The average molecular weight is 363 g/mol. The van der Waals surface area contributed by atoms with Crippen LogP contribution >= 0.6 is 11.3 Å². The molecule has 1 N–H and O–H groups in total. The average Bonchev–Trinajstić information content (AvgIpc) is 3.36. The Morgan fingerprint density at radius 2 is 1.85 bits per heavy atom. The second kappa shape index (κ2) is 7.94. The SMILES string of the molecule is c1cnc(-c2nc(CNCc3ccccc3Cn3cncn3)cs2)nc1. The number of thiazole rings is 1. The zero-order valence-electron chi connectivity index (χ0n) is 14.0. The Bertz CT molecular complexity index is 951. The third-order valence-electron chi connectivity index (χ3n) is 3.85. The van der Waals surface area contributed by atoms with E-state index in [1.165, 1.54) is 11.1 Å². The summed E-state index contributed by atoms with van der Waals surface area (Å²) in [5.41, 5.74) is 3.46. The van der Waals surface area contributed by atoms with Crippen molar-refractivity contribution in [3.05, 3.63) is 77.6 Å². The molecule has 130 valence electrons. The molecule has 8 heteroatoms. The van der Waals surface area contributed by atoms with Gasteiger partial charge in [0.05, 0.1) is 12.2 Å². The van der Waals surface area contributed by atoms with Gasteiger partial charge in [0.15, 0.2) is 10.8 Å². The molecule has 0 saturated carbocycles. The Labute approximate surface area is 154 Å². The molecule has 0 aliphatic heterocycles. The summed E-state index contributed by atoms with van der Waals surface area (Å²) in [6.45, 7) is 2.17. The summed E-state index contributed by atoms with van der Waals surface area (Å²) in [5.74, 6) is 0.668. The molecule has 0 saturated heterocycles. The van der Waals surface area contributed by atoms with Crippen molar-refractivity contribution in [1.29, 1.82) is 0 Å². The molecule has 7 nitrogen and oxygen atoms in total. The summed E-state index contributed by atoms with van der Waals surface area (Å²) in [7, 11) is 0. The lowest BCUT2D eigenvalue weighted by molar-refractivity contribution is 0.651. The summed E-state index contributed by atoms with van der Waals surface area (Å²) in [6, 6.07) is 10.1. The summed E-state index contributed by atoms with van der Waals surface area (Å²) >= 11 is 1.56. The molecule has 1 aromatic carbocycles. The minimum absolute atomic E-state index is 0.668. The van der Waals surface area contributed by atoms with E-state index in [2.05, 4.69) is 48.6 Å². The first-order valence-electron chi connectivity index (χ1n) is 8.20. The fourth-order valence-corrected chi connectivity index (χ4v) is 3.36. The Kier molecular flexibility index (Phi) is 5.04. The van der Waals surface area contributed by atoms with Crippen LogP contribution in [0.15, 0.2) is 60.8 Å². The quantitative estimate of drug-likeness (QED) is 0.543. The van der Waals surface area contributed by atoms with Gasteiger partial charge in [-0.1, -0.05) is 24.3 Å². The second-order valence-electron chi connectivity index (χ2n) is 5.68. The van der Waals surface area contributed by atoms with Crippen molar-refractivity contribution in [2.75, 3.05) is 0 Å². The monoisotopic (exact) mass is 363 g/mol. The molecule has 0 unspecified atom stereocenters. The van der Waals surface area contributed by atoms with Crippen LogP contribution in [0, 0.1) is 0 Å². The lowest BCUT2D eigenvalue weighted by Gasteiger charge is -2.10. The van der Waals surface area contributed by atoms with Crippen molar-refractivity contribution in [2.45, 2.75) is 19.6 Å². The largest absolute Gasteiger partial charge is 0.307 e. The molecule has 0 aliphatic rings. The fraction of sp³-hybridized carbons (Fsp3) is 0.167. The molecule has 0 spiro atoms. The van der Waals surface area contributed by atoms with Gasteiger partial charge in [-0.05, 0) is 17.2 Å². The number of nitrogens with one attached hydrogen (secondary N) is 1. The van der Waals surface area contributed by atoms with Crippen molar-refractivity contribution in [1.82, 2.24) is 35.0 Å². The minimum atomic E-state index is 0.668. The van der Waals surface area contributed by atoms with Crippen LogP contribution in [0.25, 0.3) is 10.8 Å². The minimum Gasteiger partial charge on any atom is -0.307 e. The summed E-state index contributed by atoms with van der Waals surface area (Å²) in [5, 5.41) is 10.5. The molecule has 26 heavy (non-hydrogen) atoms. The number of rotatable bonds is 7. The van der Waals surface area contributed by atoms with Gasteiger partial charge in [-0.2, -0.15) is 5.10 Å². The summed E-state index contributed by atoms with van der Waals surface area (Å²) in [4.78, 5) is 17.1. The number of aromatic nitrogens is 6. The molecule has 0 atom stereocenters. The van der Waals surface area contributed by atoms with E-state index in [9.17, 15) is 0 Å². The molecule has 4 aromatic rings. The molecule has 0 amide bonds. The Morgan fingerprint density at radius 1 is 1.00 bits per heavy atom. The maximum atomic E-state index is 4.60.